The molecule has 0 aliphatic carbocycles. The first-order valence-electron chi connectivity index (χ1n) is 6.07. The molecule has 0 saturated carbocycles. The third-order valence-electron chi connectivity index (χ3n) is 2.85. The molecule has 1 atom stereocenters. The van der Waals surface area contributed by atoms with Gasteiger partial charge in [-0.05, 0) is 31.2 Å². The standard InChI is InChI=1S/C13H17ClN4/c1-3-7-18-12(9-16-17-18)13(15-2)10-5-4-6-11(14)8-10/h4-6,8-9,13,15H,3,7H2,1-2H3. The first-order chi connectivity index (χ1) is 8.76. The Hall–Kier alpha value is -1.39. The molecule has 4 nitrogen and oxygen atoms in total. The Morgan fingerprint density at radius 1 is 1.44 bits per heavy atom. The van der Waals surface area contributed by atoms with Gasteiger partial charge in [0, 0.05) is 11.6 Å². The first-order valence-corrected chi connectivity index (χ1v) is 6.45. The van der Waals surface area contributed by atoms with Gasteiger partial charge in [-0.15, -0.1) is 5.10 Å². The van der Waals surface area contributed by atoms with Crippen LogP contribution in [0.5, 0.6) is 0 Å². The van der Waals surface area contributed by atoms with Gasteiger partial charge in [0.05, 0.1) is 17.9 Å². The van der Waals surface area contributed by atoms with E-state index < -0.39 is 0 Å². The molecule has 0 radical (unpaired) electrons. The number of aromatic nitrogens is 3. The summed E-state index contributed by atoms with van der Waals surface area (Å²) in [6, 6.07) is 7.91. The lowest BCUT2D eigenvalue weighted by molar-refractivity contribution is 0.523. The molecular formula is C13H17ClN4. The fourth-order valence-corrected chi connectivity index (χ4v) is 2.24. The van der Waals surface area contributed by atoms with Crippen LogP contribution in [-0.4, -0.2) is 22.0 Å². The summed E-state index contributed by atoms with van der Waals surface area (Å²) in [6.45, 7) is 2.99. The number of hydrogen-bond acceptors (Lipinski definition) is 3. The predicted molar refractivity (Wildman–Crippen MR) is 72.7 cm³/mol. The van der Waals surface area contributed by atoms with E-state index >= 15 is 0 Å². The average molecular weight is 265 g/mol. The molecule has 0 spiro atoms. The molecule has 0 fully saturated rings. The van der Waals surface area contributed by atoms with E-state index in [0.29, 0.717) is 0 Å². The van der Waals surface area contributed by atoms with Gasteiger partial charge in [-0.1, -0.05) is 35.9 Å². The first kappa shape index (κ1) is 13.1. The van der Waals surface area contributed by atoms with E-state index in [1.165, 1.54) is 0 Å². The summed E-state index contributed by atoms with van der Waals surface area (Å²) < 4.78 is 1.93. The Morgan fingerprint density at radius 3 is 2.94 bits per heavy atom. The van der Waals surface area contributed by atoms with Gasteiger partial charge in [-0.2, -0.15) is 0 Å². The third kappa shape index (κ3) is 2.71. The summed E-state index contributed by atoms with van der Waals surface area (Å²) in [5.74, 6) is 0. The zero-order valence-electron chi connectivity index (χ0n) is 10.6. The maximum Gasteiger partial charge on any atom is 0.0801 e. The second-order valence-corrected chi connectivity index (χ2v) is 4.60. The van der Waals surface area contributed by atoms with Crippen molar-refractivity contribution in [1.82, 2.24) is 20.3 Å². The molecule has 0 saturated heterocycles. The molecule has 1 heterocycles. The predicted octanol–water partition coefficient (Wildman–Crippen LogP) is 2.65. The Bertz CT molecular complexity index is 509. The number of nitrogens with one attached hydrogen (secondary N) is 1. The maximum absolute atomic E-state index is 6.04. The fraction of sp³-hybridized carbons (Fsp3) is 0.385. The fourth-order valence-electron chi connectivity index (χ4n) is 2.05. The van der Waals surface area contributed by atoms with Gasteiger partial charge in [0.1, 0.15) is 0 Å². The topological polar surface area (TPSA) is 42.7 Å². The molecule has 1 N–H and O–H groups in total. The van der Waals surface area contributed by atoms with E-state index in [-0.39, 0.29) is 6.04 Å². The van der Waals surface area contributed by atoms with Crippen LogP contribution >= 0.6 is 11.6 Å². The molecule has 0 aliphatic rings. The Morgan fingerprint density at radius 2 is 2.28 bits per heavy atom. The average Bonchev–Trinajstić information content (AvgIpc) is 2.79. The second-order valence-electron chi connectivity index (χ2n) is 4.16. The largest absolute Gasteiger partial charge is 0.308 e. The molecule has 0 amide bonds. The smallest absolute Gasteiger partial charge is 0.0801 e. The van der Waals surface area contributed by atoms with Crippen LogP contribution in [0.4, 0.5) is 0 Å². The quantitative estimate of drug-likeness (QED) is 0.903. The zero-order chi connectivity index (χ0) is 13.0. The van der Waals surface area contributed by atoms with Crippen LogP contribution in [0.15, 0.2) is 30.5 Å². The number of benzene rings is 1. The Labute approximate surface area is 112 Å². The van der Waals surface area contributed by atoms with E-state index in [0.717, 1.165) is 29.2 Å². The van der Waals surface area contributed by atoms with Crippen molar-refractivity contribution >= 4 is 11.6 Å². The Kier molecular flexibility index (Phi) is 4.33. The lowest BCUT2D eigenvalue weighted by Gasteiger charge is -2.17. The van der Waals surface area contributed by atoms with E-state index in [2.05, 4.69) is 28.6 Å². The van der Waals surface area contributed by atoms with Gasteiger partial charge in [-0.25, -0.2) is 4.68 Å². The van der Waals surface area contributed by atoms with Gasteiger partial charge in [0.25, 0.3) is 0 Å². The van der Waals surface area contributed by atoms with Gasteiger partial charge in [0.2, 0.25) is 0 Å². The van der Waals surface area contributed by atoms with Crippen molar-refractivity contribution in [2.45, 2.75) is 25.9 Å². The molecular weight excluding hydrogens is 248 g/mol. The van der Waals surface area contributed by atoms with Crippen LogP contribution in [0.3, 0.4) is 0 Å². The molecule has 2 aromatic rings. The highest BCUT2D eigenvalue weighted by molar-refractivity contribution is 6.30. The lowest BCUT2D eigenvalue weighted by Crippen LogP contribution is -2.21. The monoisotopic (exact) mass is 264 g/mol. The van der Waals surface area contributed by atoms with Crippen LogP contribution in [0.25, 0.3) is 0 Å². The number of hydrogen-bond donors (Lipinski definition) is 1. The SMILES string of the molecule is CCCn1nncc1C(NC)c1cccc(Cl)c1. The van der Waals surface area contributed by atoms with E-state index in [1.54, 1.807) is 6.20 Å². The van der Waals surface area contributed by atoms with Gasteiger partial charge in [-0.3, -0.25) is 0 Å². The molecule has 1 aromatic carbocycles. The summed E-state index contributed by atoms with van der Waals surface area (Å²) >= 11 is 6.04. The minimum atomic E-state index is 0.0604. The number of aryl methyl sites for hydroxylation is 1. The van der Waals surface area contributed by atoms with Crippen LogP contribution in [0.2, 0.25) is 5.02 Å². The highest BCUT2D eigenvalue weighted by Gasteiger charge is 2.17. The van der Waals surface area contributed by atoms with Crippen molar-refractivity contribution in [1.29, 1.82) is 0 Å². The molecule has 2 rings (SSSR count). The van der Waals surface area contributed by atoms with Crippen LogP contribution in [0, 0.1) is 0 Å². The second kappa shape index (κ2) is 5.98. The van der Waals surface area contributed by atoms with Crippen molar-refractivity contribution in [3.8, 4) is 0 Å². The van der Waals surface area contributed by atoms with Crippen molar-refractivity contribution in [2.75, 3.05) is 7.05 Å². The van der Waals surface area contributed by atoms with Crippen LogP contribution < -0.4 is 5.32 Å². The van der Waals surface area contributed by atoms with Crippen molar-refractivity contribution in [3.05, 3.63) is 46.7 Å². The molecule has 96 valence electrons. The van der Waals surface area contributed by atoms with Gasteiger partial charge >= 0.3 is 0 Å². The zero-order valence-corrected chi connectivity index (χ0v) is 11.4. The third-order valence-corrected chi connectivity index (χ3v) is 3.08. The minimum absolute atomic E-state index is 0.0604. The number of rotatable bonds is 5. The number of nitrogens with zero attached hydrogens (tertiary/aromatic N) is 3. The van der Waals surface area contributed by atoms with Crippen molar-refractivity contribution in [2.24, 2.45) is 0 Å². The van der Waals surface area contributed by atoms with E-state index in [9.17, 15) is 0 Å². The maximum atomic E-state index is 6.04. The van der Waals surface area contributed by atoms with Crippen molar-refractivity contribution in [3.63, 3.8) is 0 Å². The van der Waals surface area contributed by atoms with Gasteiger partial charge < -0.3 is 5.32 Å². The summed E-state index contributed by atoms with van der Waals surface area (Å²) in [6.07, 6.45) is 2.83. The normalized spacial score (nSPS) is 12.6. The summed E-state index contributed by atoms with van der Waals surface area (Å²) in [5.41, 5.74) is 2.17. The van der Waals surface area contributed by atoms with Gasteiger partial charge in [0.15, 0.2) is 0 Å². The minimum Gasteiger partial charge on any atom is -0.308 e. The lowest BCUT2D eigenvalue weighted by atomic mass is 10.0. The van der Waals surface area contributed by atoms with Crippen LogP contribution in [0.1, 0.15) is 30.6 Å². The molecule has 0 bridgehead atoms. The van der Waals surface area contributed by atoms with Crippen molar-refractivity contribution < 1.29 is 0 Å². The molecule has 1 aromatic heterocycles. The van der Waals surface area contributed by atoms with Crippen LogP contribution in [-0.2, 0) is 6.54 Å². The molecule has 1 unspecified atom stereocenters. The molecule has 5 heteroatoms. The summed E-state index contributed by atoms with van der Waals surface area (Å²) in [7, 11) is 1.93. The molecule has 18 heavy (non-hydrogen) atoms. The Balaban J connectivity index is 2.36. The summed E-state index contributed by atoms with van der Waals surface area (Å²) in [4.78, 5) is 0. The van der Waals surface area contributed by atoms with E-state index in [1.807, 2.05) is 29.9 Å². The van der Waals surface area contributed by atoms with E-state index in [4.69, 9.17) is 11.6 Å². The molecule has 0 aliphatic heterocycles. The highest BCUT2D eigenvalue weighted by Crippen LogP contribution is 2.23. The number of halogens is 1. The summed E-state index contributed by atoms with van der Waals surface area (Å²) in [5, 5.41) is 12.1. The highest BCUT2D eigenvalue weighted by atomic mass is 35.5.